The number of nitrogens with two attached hydrogens (primary N) is 1. The Kier molecular flexibility index (Phi) is 5.51. The van der Waals surface area contributed by atoms with E-state index in [0.29, 0.717) is 11.4 Å². The first kappa shape index (κ1) is 15.7. The van der Waals surface area contributed by atoms with Crippen LogP contribution < -0.4 is 16.6 Å². The van der Waals surface area contributed by atoms with Gasteiger partial charge in [-0.05, 0) is 59.3 Å². The molecule has 0 atom stereocenters. The third-order valence-corrected chi connectivity index (χ3v) is 3.55. The van der Waals surface area contributed by atoms with Crippen LogP contribution in [-0.2, 0) is 6.42 Å². The van der Waals surface area contributed by atoms with Crippen LogP contribution in [0, 0.1) is 3.57 Å². The van der Waals surface area contributed by atoms with Crippen LogP contribution in [0.3, 0.4) is 0 Å². The maximum absolute atomic E-state index is 12.3. The Morgan fingerprint density at radius 3 is 2.81 bits per heavy atom. The van der Waals surface area contributed by atoms with Gasteiger partial charge in [-0.1, -0.05) is 19.4 Å². The van der Waals surface area contributed by atoms with Gasteiger partial charge in [0.05, 0.1) is 0 Å². The van der Waals surface area contributed by atoms with Crippen LogP contribution >= 0.6 is 22.6 Å². The minimum Gasteiger partial charge on any atom is -0.322 e. The highest BCUT2D eigenvalue weighted by Gasteiger charge is 2.10. The number of anilines is 2. The van der Waals surface area contributed by atoms with Gasteiger partial charge in [-0.15, -0.1) is 0 Å². The van der Waals surface area contributed by atoms with Gasteiger partial charge in [0.15, 0.2) is 0 Å². The van der Waals surface area contributed by atoms with Crippen LogP contribution in [0.25, 0.3) is 0 Å². The van der Waals surface area contributed by atoms with E-state index in [2.05, 4.69) is 45.2 Å². The van der Waals surface area contributed by atoms with Crippen molar-refractivity contribution in [2.24, 2.45) is 5.84 Å². The van der Waals surface area contributed by atoms with Crippen molar-refractivity contribution < 1.29 is 4.79 Å². The van der Waals surface area contributed by atoms with Crippen molar-refractivity contribution in [1.82, 2.24) is 4.98 Å². The van der Waals surface area contributed by atoms with Crippen LogP contribution in [0.2, 0.25) is 0 Å². The number of hydrogen-bond acceptors (Lipinski definition) is 4. The first-order chi connectivity index (χ1) is 10.1. The molecule has 1 heterocycles. The summed E-state index contributed by atoms with van der Waals surface area (Å²) in [5.74, 6) is 5.73. The van der Waals surface area contributed by atoms with Gasteiger partial charge in [0.2, 0.25) is 0 Å². The number of amides is 1. The van der Waals surface area contributed by atoms with E-state index in [9.17, 15) is 4.79 Å². The Labute approximate surface area is 137 Å². The predicted molar refractivity (Wildman–Crippen MR) is 93.2 cm³/mol. The summed E-state index contributed by atoms with van der Waals surface area (Å²) in [5, 5.41) is 2.88. The normalized spacial score (nSPS) is 10.2. The predicted octanol–water partition coefficient (Wildman–Crippen LogP) is 3.18. The molecule has 0 unspecified atom stereocenters. The molecule has 2 rings (SSSR count). The lowest BCUT2D eigenvalue weighted by molar-refractivity contribution is 0.102. The van der Waals surface area contributed by atoms with Crippen LogP contribution in [-0.4, -0.2) is 10.9 Å². The number of rotatable bonds is 5. The van der Waals surface area contributed by atoms with E-state index in [1.807, 2.05) is 24.3 Å². The summed E-state index contributed by atoms with van der Waals surface area (Å²) in [5.41, 5.74) is 4.66. The SMILES string of the molecule is CCCc1cc(C(=O)Nc2cccc(I)c2)cc(NN)n1. The number of pyridine rings is 1. The maximum atomic E-state index is 12.3. The van der Waals surface area contributed by atoms with E-state index >= 15 is 0 Å². The second-order valence-electron chi connectivity index (χ2n) is 4.59. The average molecular weight is 396 g/mol. The molecule has 0 fully saturated rings. The molecule has 0 aliphatic carbocycles. The third kappa shape index (κ3) is 4.40. The molecule has 110 valence electrons. The van der Waals surface area contributed by atoms with Crippen LogP contribution in [0.15, 0.2) is 36.4 Å². The number of carbonyl (C=O) groups excluding carboxylic acids is 1. The molecule has 0 bridgehead atoms. The van der Waals surface area contributed by atoms with Crippen molar-refractivity contribution in [3.8, 4) is 0 Å². The molecule has 1 amide bonds. The van der Waals surface area contributed by atoms with Crippen molar-refractivity contribution in [2.75, 3.05) is 10.7 Å². The number of aromatic nitrogens is 1. The summed E-state index contributed by atoms with van der Waals surface area (Å²) in [6.45, 7) is 2.07. The Morgan fingerprint density at radius 1 is 1.33 bits per heavy atom. The topological polar surface area (TPSA) is 80.0 Å². The Balaban J connectivity index is 2.23. The molecule has 21 heavy (non-hydrogen) atoms. The molecule has 0 aliphatic heterocycles. The van der Waals surface area contributed by atoms with E-state index in [1.165, 1.54) is 0 Å². The molecular weight excluding hydrogens is 379 g/mol. The van der Waals surface area contributed by atoms with Gasteiger partial charge < -0.3 is 10.7 Å². The minimum atomic E-state index is -0.173. The first-order valence-electron chi connectivity index (χ1n) is 6.67. The summed E-state index contributed by atoms with van der Waals surface area (Å²) >= 11 is 2.21. The van der Waals surface area contributed by atoms with Gasteiger partial charge >= 0.3 is 0 Å². The average Bonchev–Trinajstić information content (AvgIpc) is 2.47. The number of hydrazine groups is 1. The number of nitrogen functional groups attached to an aromatic ring is 1. The zero-order valence-electron chi connectivity index (χ0n) is 11.7. The number of aryl methyl sites for hydroxylation is 1. The highest BCUT2D eigenvalue weighted by molar-refractivity contribution is 14.1. The molecule has 0 saturated carbocycles. The molecule has 0 aliphatic rings. The van der Waals surface area contributed by atoms with E-state index in [1.54, 1.807) is 12.1 Å². The fraction of sp³-hybridized carbons (Fsp3) is 0.200. The number of nitrogens with zero attached hydrogens (tertiary/aromatic N) is 1. The summed E-state index contributed by atoms with van der Waals surface area (Å²) in [6, 6.07) is 11.1. The highest BCUT2D eigenvalue weighted by atomic mass is 127. The van der Waals surface area contributed by atoms with E-state index in [4.69, 9.17) is 5.84 Å². The molecule has 1 aromatic carbocycles. The second kappa shape index (κ2) is 7.37. The van der Waals surface area contributed by atoms with Gasteiger partial charge in [0.25, 0.3) is 5.91 Å². The molecule has 0 radical (unpaired) electrons. The largest absolute Gasteiger partial charge is 0.322 e. The summed E-state index contributed by atoms with van der Waals surface area (Å²) in [7, 11) is 0. The lowest BCUT2D eigenvalue weighted by atomic mass is 10.1. The van der Waals surface area contributed by atoms with Crippen molar-refractivity contribution >= 4 is 40.0 Å². The lowest BCUT2D eigenvalue weighted by Gasteiger charge is -2.09. The summed E-state index contributed by atoms with van der Waals surface area (Å²) in [6.07, 6.45) is 1.76. The van der Waals surface area contributed by atoms with Crippen LogP contribution in [0.1, 0.15) is 29.4 Å². The fourth-order valence-electron chi connectivity index (χ4n) is 1.95. The second-order valence-corrected chi connectivity index (χ2v) is 5.84. The standard InChI is InChI=1S/C15H17IN4O/c1-2-4-12-7-10(8-14(18-12)20-17)15(21)19-13-6-3-5-11(16)9-13/h3,5-9H,2,4,17H2,1H3,(H,18,20)(H,19,21). The number of halogens is 1. The Bertz CT molecular complexity index is 645. The number of hydrogen-bond donors (Lipinski definition) is 3. The summed E-state index contributed by atoms with van der Waals surface area (Å²) in [4.78, 5) is 16.7. The van der Waals surface area contributed by atoms with Crippen molar-refractivity contribution in [3.05, 3.63) is 51.2 Å². The third-order valence-electron chi connectivity index (χ3n) is 2.88. The lowest BCUT2D eigenvalue weighted by Crippen LogP contribution is -2.15. The molecule has 6 heteroatoms. The van der Waals surface area contributed by atoms with E-state index in [-0.39, 0.29) is 5.91 Å². The van der Waals surface area contributed by atoms with Gasteiger partial charge in [0.1, 0.15) is 5.82 Å². The molecular formula is C15H17IN4O. The van der Waals surface area contributed by atoms with Gasteiger partial charge in [-0.3, -0.25) is 4.79 Å². The van der Waals surface area contributed by atoms with Gasteiger partial charge in [-0.25, -0.2) is 10.8 Å². The van der Waals surface area contributed by atoms with Crippen molar-refractivity contribution in [2.45, 2.75) is 19.8 Å². The smallest absolute Gasteiger partial charge is 0.255 e. The maximum Gasteiger partial charge on any atom is 0.255 e. The van der Waals surface area contributed by atoms with Gasteiger partial charge in [0, 0.05) is 20.5 Å². The Hall–Kier alpha value is -1.67. The molecule has 0 spiro atoms. The van der Waals surface area contributed by atoms with E-state index < -0.39 is 0 Å². The number of carbonyl (C=O) groups is 1. The zero-order chi connectivity index (χ0) is 15.2. The molecule has 2 aromatic rings. The number of nitrogens with one attached hydrogen (secondary N) is 2. The molecule has 1 aromatic heterocycles. The Morgan fingerprint density at radius 2 is 2.14 bits per heavy atom. The minimum absolute atomic E-state index is 0.173. The monoisotopic (exact) mass is 396 g/mol. The zero-order valence-corrected chi connectivity index (χ0v) is 13.8. The quantitative estimate of drug-likeness (QED) is 0.412. The first-order valence-corrected chi connectivity index (χ1v) is 7.74. The molecule has 0 saturated heterocycles. The van der Waals surface area contributed by atoms with Crippen molar-refractivity contribution in [3.63, 3.8) is 0 Å². The van der Waals surface area contributed by atoms with Crippen LogP contribution in [0.4, 0.5) is 11.5 Å². The summed E-state index contributed by atoms with van der Waals surface area (Å²) < 4.78 is 1.07. The van der Waals surface area contributed by atoms with Gasteiger partial charge in [-0.2, -0.15) is 0 Å². The molecule has 5 nitrogen and oxygen atoms in total. The van der Waals surface area contributed by atoms with Crippen molar-refractivity contribution in [1.29, 1.82) is 0 Å². The highest BCUT2D eigenvalue weighted by Crippen LogP contribution is 2.16. The fourth-order valence-corrected chi connectivity index (χ4v) is 2.49. The van der Waals surface area contributed by atoms with E-state index in [0.717, 1.165) is 27.8 Å². The number of benzene rings is 1. The molecule has 4 N–H and O–H groups in total. The van der Waals surface area contributed by atoms with Crippen LogP contribution in [0.5, 0.6) is 0 Å².